The molecule has 2 atom stereocenters. The van der Waals surface area contributed by atoms with Crippen LogP contribution in [-0.2, 0) is 10.0 Å². The third kappa shape index (κ3) is 5.96. The van der Waals surface area contributed by atoms with Gasteiger partial charge in [-0.05, 0) is 43.9 Å². The van der Waals surface area contributed by atoms with E-state index in [0.717, 1.165) is 45.2 Å². The van der Waals surface area contributed by atoms with E-state index in [4.69, 9.17) is 0 Å². The van der Waals surface area contributed by atoms with E-state index in [1.165, 1.54) is 6.26 Å². The largest absolute Gasteiger partial charge is 0.338 e. The van der Waals surface area contributed by atoms with Crippen LogP contribution in [0.4, 0.5) is 4.79 Å². The SMILES string of the molecule is CS(=O)(=O)NCC1CCCN(C(=O)NCC2CC=CCC2)C1. The fourth-order valence-electron chi connectivity index (χ4n) is 3.07. The van der Waals surface area contributed by atoms with Gasteiger partial charge >= 0.3 is 6.03 Å². The maximum Gasteiger partial charge on any atom is 0.317 e. The van der Waals surface area contributed by atoms with Crippen molar-refractivity contribution in [3.8, 4) is 0 Å². The number of piperidine rings is 1. The number of sulfonamides is 1. The molecule has 2 aliphatic rings. The summed E-state index contributed by atoms with van der Waals surface area (Å²) in [5.74, 6) is 0.744. The first-order valence-corrected chi connectivity index (χ1v) is 9.95. The van der Waals surface area contributed by atoms with Crippen molar-refractivity contribution in [1.29, 1.82) is 0 Å². The highest BCUT2D eigenvalue weighted by molar-refractivity contribution is 7.88. The number of carbonyl (C=O) groups excluding carboxylic acids is 1. The summed E-state index contributed by atoms with van der Waals surface area (Å²) in [6.45, 7) is 2.52. The van der Waals surface area contributed by atoms with Crippen LogP contribution in [0.1, 0.15) is 32.1 Å². The number of carbonyl (C=O) groups is 1. The molecule has 0 bridgehead atoms. The lowest BCUT2D eigenvalue weighted by Crippen LogP contribution is -2.48. The number of nitrogens with one attached hydrogen (secondary N) is 2. The number of allylic oxidation sites excluding steroid dienone is 2. The van der Waals surface area contributed by atoms with E-state index in [1.807, 2.05) is 4.90 Å². The second kappa shape index (κ2) is 7.97. The second-order valence-corrected chi connectivity index (χ2v) is 8.24. The number of likely N-dealkylation sites (tertiary alicyclic amines) is 1. The van der Waals surface area contributed by atoms with Crippen molar-refractivity contribution >= 4 is 16.1 Å². The number of hydrogen-bond acceptors (Lipinski definition) is 3. The van der Waals surface area contributed by atoms with Gasteiger partial charge in [-0.3, -0.25) is 0 Å². The Hall–Kier alpha value is -1.08. The van der Waals surface area contributed by atoms with Gasteiger partial charge in [-0.1, -0.05) is 12.2 Å². The Balaban J connectivity index is 1.73. The molecule has 0 aromatic rings. The zero-order valence-corrected chi connectivity index (χ0v) is 14.1. The van der Waals surface area contributed by atoms with Gasteiger partial charge in [0.25, 0.3) is 0 Å². The molecule has 6 nitrogen and oxygen atoms in total. The van der Waals surface area contributed by atoms with E-state index in [-0.39, 0.29) is 11.9 Å². The van der Waals surface area contributed by atoms with Crippen molar-refractivity contribution in [1.82, 2.24) is 14.9 Å². The molecule has 0 spiro atoms. The fourth-order valence-corrected chi connectivity index (χ4v) is 3.61. The first-order valence-electron chi connectivity index (χ1n) is 8.06. The molecule has 22 heavy (non-hydrogen) atoms. The van der Waals surface area contributed by atoms with Crippen molar-refractivity contribution < 1.29 is 13.2 Å². The summed E-state index contributed by atoms with van der Waals surface area (Å²) >= 11 is 0. The van der Waals surface area contributed by atoms with Crippen LogP contribution in [-0.4, -0.2) is 51.8 Å². The molecule has 0 saturated carbocycles. The molecule has 2 rings (SSSR count). The Labute approximate surface area is 133 Å². The highest BCUT2D eigenvalue weighted by atomic mass is 32.2. The third-order valence-corrected chi connectivity index (χ3v) is 5.05. The summed E-state index contributed by atoms with van der Waals surface area (Å²) in [7, 11) is -3.16. The van der Waals surface area contributed by atoms with E-state index < -0.39 is 10.0 Å². The second-order valence-electron chi connectivity index (χ2n) is 6.41. The standard InChI is InChI=1S/C15H27N3O3S/c1-22(20,21)17-11-14-8-5-9-18(12-14)15(19)16-10-13-6-3-2-4-7-13/h2-3,13-14,17H,4-12H2,1H3,(H,16,19). The summed E-state index contributed by atoms with van der Waals surface area (Å²) in [4.78, 5) is 14.1. The molecule has 0 aromatic carbocycles. The Morgan fingerprint density at radius 2 is 2.05 bits per heavy atom. The van der Waals surface area contributed by atoms with Crippen LogP contribution in [0.2, 0.25) is 0 Å². The van der Waals surface area contributed by atoms with Gasteiger partial charge in [0.1, 0.15) is 0 Å². The number of hydrogen-bond donors (Lipinski definition) is 2. The van der Waals surface area contributed by atoms with E-state index in [1.54, 1.807) is 0 Å². The fraction of sp³-hybridized carbons (Fsp3) is 0.800. The van der Waals surface area contributed by atoms with Gasteiger partial charge < -0.3 is 10.2 Å². The number of urea groups is 1. The van der Waals surface area contributed by atoms with Gasteiger partial charge in [0, 0.05) is 26.2 Å². The van der Waals surface area contributed by atoms with Crippen molar-refractivity contribution in [3.05, 3.63) is 12.2 Å². The molecule has 2 amide bonds. The lowest BCUT2D eigenvalue weighted by molar-refractivity contribution is 0.164. The summed E-state index contributed by atoms with van der Waals surface area (Å²) in [6.07, 6.45) is 10.7. The van der Waals surface area contributed by atoms with Gasteiger partial charge in [0.05, 0.1) is 6.26 Å². The molecule has 126 valence electrons. The maximum atomic E-state index is 12.2. The van der Waals surface area contributed by atoms with Crippen molar-refractivity contribution in [2.45, 2.75) is 32.1 Å². The zero-order chi connectivity index (χ0) is 16.0. The predicted molar refractivity (Wildman–Crippen MR) is 87.0 cm³/mol. The van der Waals surface area contributed by atoms with Crippen LogP contribution in [0.15, 0.2) is 12.2 Å². The lowest BCUT2D eigenvalue weighted by Gasteiger charge is -2.33. The molecule has 0 radical (unpaired) electrons. The van der Waals surface area contributed by atoms with Gasteiger partial charge in [-0.15, -0.1) is 0 Å². The normalized spacial score (nSPS) is 26.0. The minimum Gasteiger partial charge on any atom is -0.338 e. The molecule has 2 N–H and O–H groups in total. The zero-order valence-electron chi connectivity index (χ0n) is 13.3. The van der Waals surface area contributed by atoms with Crippen LogP contribution in [0.25, 0.3) is 0 Å². The summed E-state index contributed by atoms with van der Waals surface area (Å²) in [5.41, 5.74) is 0. The van der Waals surface area contributed by atoms with E-state index in [9.17, 15) is 13.2 Å². The smallest absolute Gasteiger partial charge is 0.317 e. The van der Waals surface area contributed by atoms with Crippen LogP contribution in [0.3, 0.4) is 0 Å². The van der Waals surface area contributed by atoms with E-state index >= 15 is 0 Å². The Morgan fingerprint density at radius 3 is 2.73 bits per heavy atom. The molecular weight excluding hydrogens is 302 g/mol. The quantitative estimate of drug-likeness (QED) is 0.747. The van der Waals surface area contributed by atoms with Crippen LogP contribution in [0, 0.1) is 11.8 Å². The van der Waals surface area contributed by atoms with Crippen LogP contribution < -0.4 is 10.0 Å². The van der Waals surface area contributed by atoms with Crippen LogP contribution >= 0.6 is 0 Å². The monoisotopic (exact) mass is 329 g/mol. The highest BCUT2D eigenvalue weighted by Crippen LogP contribution is 2.18. The first kappa shape index (κ1) is 17.3. The summed E-state index contributed by atoms with van der Waals surface area (Å²) < 4.78 is 24.9. The van der Waals surface area contributed by atoms with Crippen LogP contribution in [0.5, 0.6) is 0 Å². The Bertz CT molecular complexity index is 504. The summed E-state index contributed by atoms with van der Waals surface area (Å²) in [5, 5.41) is 3.03. The van der Waals surface area contributed by atoms with Crippen molar-refractivity contribution in [2.75, 3.05) is 32.4 Å². The van der Waals surface area contributed by atoms with Crippen molar-refractivity contribution in [2.24, 2.45) is 11.8 Å². The van der Waals surface area contributed by atoms with Gasteiger partial charge in [0.2, 0.25) is 10.0 Å². The summed E-state index contributed by atoms with van der Waals surface area (Å²) in [6, 6.07) is -0.0152. The van der Waals surface area contributed by atoms with E-state index in [0.29, 0.717) is 19.0 Å². The van der Waals surface area contributed by atoms with E-state index in [2.05, 4.69) is 22.2 Å². The molecule has 1 saturated heterocycles. The average molecular weight is 329 g/mol. The average Bonchev–Trinajstić information content (AvgIpc) is 2.51. The predicted octanol–water partition coefficient (Wildman–Crippen LogP) is 1.31. The Morgan fingerprint density at radius 1 is 1.23 bits per heavy atom. The molecule has 1 fully saturated rings. The lowest BCUT2D eigenvalue weighted by atomic mass is 9.94. The Kier molecular flexibility index (Phi) is 6.26. The number of rotatable bonds is 5. The minimum absolute atomic E-state index is 0.0152. The molecule has 2 unspecified atom stereocenters. The van der Waals surface area contributed by atoms with Gasteiger partial charge in [-0.25, -0.2) is 17.9 Å². The molecule has 1 aliphatic heterocycles. The van der Waals surface area contributed by atoms with Crippen molar-refractivity contribution in [3.63, 3.8) is 0 Å². The molecular formula is C15H27N3O3S. The van der Waals surface area contributed by atoms with Gasteiger partial charge in [0.15, 0.2) is 0 Å². The number of nitrogens with zero attached hydrogens (tertiary/aromatic N) is 1. The van der Waals surface area contributed by atoms with Gasteiger partial charge in [-0.2, -0.15) is 0 Å². The molecule has 7 heteroatoms. The molecule has 0 aromatic heterocycles. The highest BCUT2D eigenvalue weighted by Gasteiger charge is 2.24. The molecule has 1 heterocycles. The first-order chi connectivity index (χ1) is 10.4. The topological polar surface area (TPSA) is 78.5 Å². The molecule has 1 aliphatic carbocycles. The number of amides is 2. The third-order valence-electron chi connectivity index (χ3n) is 4.36. The minimum atomic E-state index is -3.16. The maximum absolute atomic E-state index is 12.2.